The van der Waals surface area contributed by atoms with E-state index in [1.54, 1.807) is 0 Å². The minimum absolute atomic E-state index is 0.139. The van der Waals surface area contributed by atoms with Gasteiger partial charge in [0.25, 0.3) is 0 Å². The molecule has 0 aromatic heterocycles. The number of nitrogens with one attached hydrogen (secondary N) is 2. The molecule has 0 radical (unpaired) electrons. The van der Waals surface area contributed by atoms with Crippen LogP contribution in [-0.2, 0) is 4.57 Å². The SMILES string of the molecule is O=P(O)(O)O.OCCNCCO.OCCNCCO. The van der Waals surface area contributed by atoms with Crippen molar-refractivity contribution >= 4 is 7.82 Å². The van der Waals surface area contributed by atoms with E-state index in [1.165, 1.54) is 0 Å². The molecular formula is C8H25N2O8P. The van der Waals surface area contributed by atoms with E-state index >= 15 is 0 Å². The number of hydrogen-bond donors (Lipinski definition) is 9. The molecule has 0 aliphatic heterocycles. The predicted octanol–water partition coefficient (Wildman–Crippen LogP) is -3.81. The van der Waals surface area contributed by atoms with Gasteiger partial charge in [-0.25, -0.2) is 4.57 Å². The van der Waals surface area contributed by atoms with Crippen LogP contribution in [0.25, 0.3) is 0 Å². The lowest BCUT2D eigenvalue weighted by Crippen LogP contribution is -2.21. The first-order valence-corrected chi connectivity index (χ1v) is 7.03. The molecule has 11 heteroatoms. The molecule has 0 amide bonds. The third-order valence-electron chi connectivity index (χ3n) is 1.15. The van der Waals surface area contributed by atoms with Gasteiger partial charge in [-0.3, -0.25) is 0 Å². The second-order valence-corrected chi connectivity index (χ2v) is 3.93. The minimum Gasteiger partial charge on any atom is -0.395 e. The van der Waals surface area contributed by atoms with Gasteiger partial charge in [0, 0.05) is 26.2 Å². The number of hydrogen-bond acceptors (Lipinski definition) is 7. The molecule has 0 aliphatic carbocycles. The zero-order valence-corrected chi connectivity index (χ0v) is 11.5. The summed E-state index contributed by atoms with van der Waals surface area (Å²) in [5.41, 5.74) is 0. The molecule has 0 aromatic rings. The van der Waals surface area contributed by atoms with Crippen LogP contribution < -0.4 is 10.6 Å². The Morgan fingerprint density at radius 3 is 0.895 bits per heavy atom. The van der Waals surface area contributed by atoms with Gasteiger partial charge in [0.05, 0.1) is 26.4 Å². The highest BCUT2D eigenvalue weighted by Crippen LogP contribution is 2.25. The highest BCUT2D eigenvalue weighted by atomic mass is 31.2. The van der Waals surface area contributed by atoms with E-state index in [9.17, 15) is 0 Å². The molecule has 19 heavy (non-hydrogen) atoms. The fourth-order valence-corrected chi connectivity index (χ4v) is 0.566. The van der Waals surface area contributed by atoms with Crippen molar-refractivity contribution in [3.63, 3.8) is 0 Å². The largest absolute Gasteiger partial charge is 0.466 e. The Morgan fingerprint density at radius 2 is 0.789 bits per heavy atom. The number of aliphatic hydroxyl groups excluding tert-OH is 4. The Bertz CT molecular complexity index is 165. The Labute approximate surface area is 112 Å². The van der Waals surface area contributed by atoms with Gasteiger partial charge in [-0.1, -0.05) is 0 Å². The number of aliphatic hydroxyl groups is 4. The molecule has 0 heterocycles. The summed E-state index contributed by atoms with van der Waals surface area (Å²) in [5, 5.41) is 38.2. The van der Waals surface area contributed by atoms with Gasteiger partial charge in [0.15, 0.2) is 0 Å². The molecular weight excluding hydrogens is 283 g/mol. The van der Waals surface area contributed by atoms with Gasteiger partial charge in [0.2, 0.25) is 0 Å². The maximum absolute atomic E-state index is 8.88. The van der Waals surface area contributed by atoms with Crippen LogP contribution in [0.5, 0.6) is 0 Å². The molecule has 120 valence electrons. The van der Waals surface area contributed by atoms with Crippen molar-refractivity contribution in [1.82, 2.24) is 10.6 Å². The van der Waals surface area contributed by atoms with Gasteiger partial charge in [-0.05, 0) is 0 Å². The average molecular weight is 308 g/mol. The summed E-state index contributed by atoms with van der Waals surface area (Å²) in [6.07, 6.45) is 0. The molecule has 0 saturated heterocycles. The van der Waals surface area contributed by atoms with Crippen molar-refractivity contribution in [3.05, 3.63) is 0 Å². The molecule has 0 bridgehead atoms. The topological polar surface area (TPSA) is 183 Å². The lowest BCUT2D eigenvalue weighted by atomic mass is 10.6. The third-order valence-corrected chi connectivity index (χ3v) is 1.15. The van der Waals surface area contributed by atoms with Crippen LogP contribution in [0.15, 0.2) is 0 Å². The molecule has 0 fully saturated rings. The molecule has 0 aromatic carbocycles. The number of rotatable bonds is 8. The first-order valence-electron chi connectivity index (χ1n) is 5.46. The van der Waals surface area contributed by atoms with Crippen molar-refractivity contribution in [3.8, 4) is 0 Å². The second-order valence-electron chi connectivity index (χ2n) is 2.91. The van der Waals surface area contributed by atoms with Crippen LogP contribution in [-0.4, -0.2) is 87.7 Å². The van der Waals surface area contributed by atoms with E-state index in [4.69, 9.17) is 39.7 Å². The van der Waals surface area contributed by atoms with Crippen molar-refractivity contribution < 1.29 is 39.7 Å². The molecule has 10 nitrogen and oxygen atoms in total. The molecule has 0 rings (SSSR count). The summed E-state index contributed by atoms with van der Waals surface area (Å²) in [6, 6.07) is 0. The molecule has 0 aliphatic rings. The van der Waals surface area contributed by atoms with Crippen molar-refractivity contribution in [2.75, 3.05) is 52.6 Å². The maximum Gasteiger partial charge on any atom is 0.466 e. The normalized spacial score (nSPS) is 10.1. The second kappa shape index (κ2) is 20.2. The van der Waals surface area contributed by atoms with E-state index in [-0.39, 0.29) is 26.4 Å². The summed E-state index contributed by atoms with van der Waals surface area (Å²) in [4.78, 5) is 21.6. The number of phosphoric acid groups is 1. The van der Waals surface area contributed by atoms with E-state index in [0.29, 0.717) is 26.2 Å². The van der Waals surface area contributed by atoms with Crippen LogP contribution in [0.1, 0.15) is 0 Å². The van der Waals surface area contributed by atoms with Crippen LogP contribution in [0.2, 0.25) is 0 Å². The minimum atomic E-state index is -4.64. The van der Waals surface area contributed by atoms with E-state index in [1.807, 2.05) is 0 Å². The first kappa shape index (κ1) is 23.9. The van der Waals surface area contributed by atoms with Crippen LogP contribution in [0, 0.1) is 0 Å². The fourth-order valence-electron chi connectivity index (χ4n) is 0.566. The summed E-state index contributed by atoms with van der Waals surface area (Å²) in [7, 11) is -4.64. The Morgan fingerprint density at radius 1 is 0.632 bits per heavy atom. The fraction of sp³-hybridized carbons (Fsp3) is 1.00. The lowest BCUT2D eigenvalue weighted by molar-refractivity contribution is 0.266. The van der Waals surface area contributed by atoms with Crippen molar-refractivity contribution in [2.45, 2.75) is 0 Å². The Hall–Kier alpha value is -0.130. The Kier molecular flexibility index (Phi) is 25.4. The van der Waals surface area contributed by atoms with Crippen molar-refractivity contribution in [2.24, 2.45) is 0 Å². The van der Waals surface area contributed by atoms with Crippen LogP contribution >= 0.6 is 7.82 Å². The maximum atomic E-state index is 8.88. The first-order chi connectivity index (χ1) is 8.83. The molecule has 0 atom stereocenters. The zero-order valence-electron chi connectivity index (χ0n) is 10.6. The van der Waals surface area contributed by atoms with Crippen LogP contribution in [0.3, 0.4) is 0 Å². The molecule has 9 N–H and O–H groups in total. The van der Waals surface area contributed by atoms with Crippen molar-refractivity contribution in [1.29, 1.82) is 0 Å². The molecule has 0 spiro atoms. The van der Waals surface area contributed by atoms with E-state index < -0.39 is 7.82 Å². The monoisotopic (exact) mass is 308 g/mol. The highest BCUT2D eigenvalue weighted by molar-refractivity contribution is 7.45. The quantitative estimate of drug-likeness (QED) is 0.159. The Balaban J connectivity index is -0.000000206. The standard InChI is InChI=1S/2C4H11NO2.H3O4P/c2*6-3-1-5-2-4-7;1-5(2,3)4/h2*5-7H,1-4H2;(H3,1,2,3,4). The summed E-state index contributed by atoms with van der Waals surface area (Å²) in [6.45, 7) is 2.84. The lowest BCUT2D eigenvalue weighted by Gasteiger charge is -1.94. The highest BCUT2D eigenvalue weighted by Gasteiger charge is 2.00. The summed E-state index contributed by atoms with van der Waals surface area (Å²) < 4.78 is 8.88. The van der Waals surface area contributed by atoms with Gasteiger partial charge >= 0.3 is 7.82 Å². The predicted molar refractivity (Wildman–Crippen MR) is 68.3 cm³/mol. The van der Waals surface area contributed by atoms with Gasteiger partial charge < -0.3 is 45.7 Å². The third kappa shape index (κ3) is 72.7. The van der Waals surface area contributed by atoms with Gasteiger partial charge in [-0.15, -0.1) is 0 Å². The average Bonchev–Trinajstić information content (AvgIpc) is 2.29. The smallest absolute Gasteiger partial charge is 0.395 e. The van der Waals surface area contributed by atoms with Gasteiger partial charge in [0.1, 0.15) is 0 Å². The molecule has 0 saturated carbocycles. The summed E-state index contributed by atoms with van der Waals surface area (Å²) in [5.74, 6) is 0. The van der Waals surface area contributed by atoms with Gasteiger partial charge in [-0.2, -0.15) is 0 Å². The zero-order chi connectivity index (χ0) is 15.6. The van der Waals surface area contributed by atoms with E-state index in [2.05, 4.69) is 10.6 Å². The molecule has 0 unspecified atom stereocenters. The summed E-state index contributed by atoms with van der Waals surface area (Å²) >= 11 is 0. The van der Waals surface area contributed by atoms with E-state index in [0.717, 1.165) is 0 Å². The van der Waals surface area contributed by atoms with Crippen LogP contribution in [0.4, 0.5) is 0 Å².